The first kappa shape index (κ1) is 16.1. The predicted molar refractivity (Wildman–Crippen MR) is 104 cm³/mol. The molecule has 4 rings (SSSR count). The molecular weight excluding hydrogens is 304 g/mol. The average molecular weight is 330 g/mol. The molecule has 1 aliphatic carbocycles. The molecule has 0 saturated carbocycles. The molecule has 0 aliphatic heterocycles. The van der Waals surface area contributed by atoms with Crippen molar-refractivity contribution in [2.24, 2.45) is 0 Å². The van der Waals surface area contributed by atoms with Crippen LogP contribution in [0.3, 0.4) is 0 Å². The van der Waals surface area contributed by atoms with Crippen LogP contribution in [0, 0.1) is 27.7 Å². The highest BCUT2D eigenvalue weighted by Gasteiger charge is 2.28. The SMILES string of the molecule is Cc1ccc(-n2c(C)nc3c2C(c2ccc(C)c(C)c2)CCC3)cc1. The molecule has 128 valence electrons. The Morgan fingerprint density at radius 1 is 0.920 bits per heavy atom. The minimum atomic E-state index is 0.436. The van der Waals surface area contributed by atoms with Crippen molar-refractivity contribution in [2.45, 2.75) is 52.9 Å². The first-order valence-electron chi connectivity index (χ1n) is 9.27. The van der Waals surface area contributed by atoms with E-state index in [4.69, 9.17) is 4.98 Å². The topological polar surface area (TPSA) is 17.8 Å². The molecular formula is C23H26N2. The second-order valence-electron chi connectivity index (χ2n) is 7.45. The van der Waals surface area contributed by atoms with Crippen LogP contribution in [0.5, 0.6) is 0 Å². The van der Waals surface area contributed by atoms with Gasteiger partial charge in [-0.3, -0.25) is 0 Å². The number of hydrogen-bond donors (Lipinski definition) is 0. The minimum absolute atomic E-state index is 0.436. The van der Waals surface area contributed by atoms with Gasteiger partial charge >= 0.3 is 0 Å². The van der Waals surface area contributed by atoms with Gasteiger partial charge in [-0.25, -0.2) is 4.98 Å². The maximum atomic E-state index is 4.93. The van der Waals surface area contributed by atoms with Gasteiger partial charge in [-0.1, -0.05) is 35.9 Å². The average Bonchev–Trinajstić information content (AvgIpc) is 2.94. The van der Waals surface area contributed by atoms with E-state index in [1.54, 1.807) is 0 Å². The van der Waals surface area contributed by atoms with Gasteiger partial charge in [0.05, 0.1) is 11.4 Å². The maximum absolute atomic E-state index is 4.93. The number of aryl methyl sites for hydroxylation is 5. The Labute approximate surface area is 150 Å². The van der Waals surface area contributed by atoms with Gasteiger partial charge in [0.2, 0.25) is 0 Å². The van der Waals surface area contributed by atoms with Crippen LogP contribution in [-0.2, 0) is 6.42 Å². The summed E-state index contributed by atoms with van der Waals surface area (Å²) in [5, 5.41) is 0. The number of fused-ring (bicyclic) bond motifs is 1. The third-order valence-electron chi connectivity index (χ3n) is 5.62. The van der Waals surface area contributed by atoms with E-state index >= 15 is 0 Å². The molecule has 1 heterocycles. The highest BCUT2D eigenvalue weighted by atomic mass is 15.1. The van der Waals surface area contributed by atoms with Gasteiger partial charge in [0.15, 0.2) is 0 Å². The van der Waals surface area contributed by atoms with Gasteiger partial charge in [0.1, 0.15) is 5.82 Å². The van der Waals surface area contributed by atoms with E-state index < -0.39 is 0 Å². The van der Waals surface area contributed by atoms with Gasteiger partial charge < -0.3 is 4.57 Å². The summed E-state index contributed by atoms with van der Waals surface area (Å²) in [7, 11) is 0. The number of hydrogen-bond acceptors (Lipinski definition) is 1. The van der Waals surface area contributed by atoms with Gasteiger partial charge in [0, 0.05) is 11.6 Å². The van der Waals surface area contributed by atoms with Gasteiger partial charge in [0.25, 0.3) is 0 Å². The quantitative estimate of drug-likeness (QED) is 0.600. The summed E-state index contributed by atoms with van der Waals surface area (Å²) in [6.45, 7) is 8.67. The molecule has 1 unspecified atom stereocenters. The van der Waals surface area contributed by atoms with E-state index in [0.29, 0.717) is 5.92 Å². The second-order valence-corrected chi connectivity index (χ2v) is 7.45. The summed E-state index contributed by atoms with van der Waals surface area (Å²) >= 11 is 0. The summed E-state index contributed by atoms with van der Waals surface area (Å²) in [6.07, 6.45) is 3.51. The van der Waals surface area contributed by atoms with E-state index in [2.05, 4.69) is 74.7 Å². The molecule has 1 atom stereocenters. The molecule has 2 nitrogen and oxygen atoms in total. The summed E-state index contributed by atoms with van der Waals surface area (Å²) in [4.78, 5) is 4.93. The number of rotatable bonds is 2. The highest BCUT2D eigenvalue weighted by molar-refractivity contribution is 5.45. The molecule has 0 saturated heterocycles. The van der Waals surface area contributed by atoms with E-state index in [1.165, 1.54) is 52.2 Å². The number of benzene rings is 2. The molecule has 0 N–H and O–H groups in total. The summed E-state index contributed by atoms with van der Waals surface area (Å²) in [5.41, 5.74) is 9.38. The molecule has 0 fully saturated rings. The largest absolute Gasteiger partial charge is 0.300 e. The van der Waals surface area contributed by atoms with Gasteiger partial charge in [-0.2, -0.15) is 0 Å². The van der Waals surface area contributed by atoms with Crippen LogP contribution in [0.25, 0.3) is 5.69 Å². The maximum Gasteiger partial charge on any atom is 0.110 e. The molecule has 2 aromatic carbocycles. The lowest BCUT2D eigenvalue weighted by atomic mass is 9.83. The van der Waals surface area contributed by atoms with Gasteiger partial charge in [-0.15, -0.1) is 0 Å². The van der Waals surface area contributed by atoms with Crippen LogP contribution in [0.2, 0.25) is 0 Å². The Morgan fingerprint density at radius 3 is 2.40 bits per heavy atom. The minimum Gasteiger partial charge on any atom is -0.300 e. The molecule has 25 heavy (non-hydrogen) atoms. The standard InChI is InChI=1S/C23H26N2/c1-15-8-12-20(13-9-15)25-18(4)24-22-7-5-6-21(23(22)25)19-11-10-16(2)17(3)14-19/h8-14,21H,5-7H2,1-4H3. The molecule has 0 amide bonds. The fourth-order valence-electron chi connectivity index (χ4n) is 4.08. The Bertz CT molecular complexity index is 916. The molecule has 0 spiro atoms. The van der Waals surface area contributed by atoms with Crippen molar-refractivity contribution in [3.8, 4) is 5.69 Å². The van der Waals surface area contributed by atoms with Crippen LogP contribution in [-0.4, -0.2) is 9.55 Å². The van der Waals surface area contributed by atoms with Crippen LogP contribution < -0.4 is 0 Å². The zero-order valence-corrected chi connectivity index (χ0v) is 15.6. The van der Waals surface area contributed by atoms with E-state index in [9.17, 15) is 0 Å². The van der Waals surface area contributed by atoms with E-state index in [1.807, 2.05) is 0 Å². The number of nitrogens with zero attached hydrogens (tertiary/aromatic N) is 2. The summed E-state index contributed by atoms with van der Waals surface area (Å²) in [5.74, 6) is 1.54. The smallest absolute Gasteiger partial charge is 0.110 e. The monoisotopic (exact) mass is 330 g/mol. The van der Waals surface area contributed by atoms with Crippen LogP contribution in [0.15, 0.2) is 42.5 Å². The van der Waals surface area contributed by atoms with Crippen LogP contribution in [0.4, 0.5) is 0 Å². The van der Waals surface area contributed by atoms with Crippen LogP contribution in [0.1, 0.15) is 58.2 Å². The van der Waals surface area contributed by atoms with Crippen LogP contribution >= 0.6 is 0 Å². The predicted octanol–water partition coefficient (Wildman–Crippen LogP) is 5.57. The van der Waals surface area contributed by atoms with E-state index in [-0.39, 0.29) is 0 Å². The summed E-state index contributed by atoms with van der Waals surface area (Å²) in [6, 6.07) is 15.8. The second kappa shape index (κ2) is 6.18. The van der Waals surface area contributed by atoms with Crippen molar-refractivity contribution in [3.05, 3.63) is 81.9 Å². The Morgan fingerprint density at radius 2 is 1.68 bits per heavy atom. The zero-order valence-electron chi connectivity index (χ0n) is 15.6. The van der Waals surface area contributed by atoms with Crippen molar-refractivity contribution in [1.82, 2.24) is 9.55 Å². The fourth-order valence-corrected chi connectivity index (χ4v) is 4.08. The summed E-state index contributed by atoms with van der Waals surface area (Å²) < 4.78 is 2.38. The van der Waals surface area contributed by atoms with E-state index in [0.717, 1.165) is 12.2 Å². The Kier molecular flexibility index (Phi) is 3.99. The Hall–Kier alpha value is -2.35. The van der Waals surface area contributed by atoms with Crippen molar-refractivity contribution in [3.63, 3.8) is 0 Å². The highest BCUT2D eigenvalue weighted by Crippen LogP contribution is 2.39. The lowest BCUT2D eigenvalue weighted by Gasteiger charge is -2.26. The number of imidazole rings is 1. The third kappa shape index (κ3) is 2.80. The molecule has 0 radical (unpaired) electrons. The fraction of sp³-hybridized carbons (Fsp3) is 0.348. The molecule has 0 bridgehead atoms. The van der Waals surface area contributed by atoms with Crippen molar-refractivity contribution in [2.75, 3.05) is 0 Å². The molecule has 1 aliphatic rings. The lowest BCUT2D eigenvalue weighted by Crippen LogP contribution is -2.15. The third-order valence-corrected chi connectivity index (χ3v) is 5.62. The zero-order chi connectivity index (χ0) is 17.6. The first-order chi connectivity index (χ1) is 12.0. The Balaban J connectivity index is 1.88. The first-order valence-corrected chi connectivity index (χ1v) is 9.27. The van der Waals surface area contributed by atoms with Crippen molar-refractivity contribution < 1.29 is 0 Å². The number of aromatic nitrogens is 2. The molecule has 2 heteroatoms. The molecule has 3 aromatic rings. The lowest BCUT2D eigenvalue weighted by molar-refractivity contribution is 0.588. The van der Waals surface area contributed by atoms with Crippen molar-refractivity contribution >= 4 is 0 Å². The molecule has 1 aromatic heterocycles. The van der Waals surface area contributed by atoms with Crippen molar-refractivity contribution in [1.29, 1.82) is 0 Å². The van der Waals surface area contributed by atoms with Gasteiger partial charge in [-0.05, 0) is 75.8 Å². The normalized spacial score (nSPS) is 16.7.